The topological polar surface area (TPSA) is 83.3 Å². The number of thiazole rings is 1. The number of likely N-dealkylation sites (tertiary alicyclic amines) is 1. The lowest BCUT2D eigenvalue weighted by Gasteiger charge is -2.29. The molecule has 1 fully saturated rings. The van der Waals surface area contributed by atoms with E-state index in [1.165, 1.54) is 11.3 Å². The summed E-state index contributed by atoms with van der Waals surface area (Å²) in [6, 6.07) is 7.86. The Morgan fingerprint density at radius 3 is 2.83 bits per heavy atom. The number of aromatic nitrogens is 2. The third-order valence-corrected chi connectivity index (χ3v) is 7.20. The number of amides is 1. The zero-order chi connectivity index (χ0) is 20.0. The van der Waals surface area contributed by atoms with Gasteiger partial charge >= 0.3 is 0 Å². The molecular weight excluding hydrogens is 406 g/mol. The lowest BCUT2D eigenvalue weighted by Crippen LogP contribution is -2.36. The number of anilines is 2. The average Bonchev–Trinajstić information content (AvgIpc) is 3.35. The van der Waals surface area contributed by atoms with Crippen LogP contribution in [0.25, 0.3) is 20.6 Å². The van der Waals surface area contributed by atoms with Crippen molar-refractivity contribution in [3.05, 3.63) is 35.0 Å². The number of carbonyl (C=O) groups is 1. The Morgan fingerprint density at radius 2 is 2.03 bits per heavy atom. The van der Waals surface area contributed by atoms with E-state index in [0.717, 1.165) is 46.1 Å². The lowest BCUT2D eigenvalue weighted by molar-refractivity contribution is 0.103. The largest absolute Gasteiger partial charge is 0.441 e. The van der Waals surface area contributed by atoms with Crippen molar-refractivity contribution in [2.45, 2.75) is 25.8 Å². The molecule has 1 aliphatic rings. The smallest absolute Gasteiger partial charge is 0.265 e. The van der Waals surface area contributed by atoms with Gasteiger partial charge in [0.15, 0.2) is 16.6 Å². The molecule has 2 N–H and O–H groups in total. The number of hydrogen-bond donors (Lipinski definition) is 2. The number of oxazole rings is 1. The highest BCUT2D eigenvalue weighted by atomic mass is 32.1. The molecule has 0 saturated carbocycles. The van der Waals surface area contributed by atoms with Crippen molar-refractivity contribution in [1.82, 2.24) is 14.9 Å². The summed E-state index contributed by atoms with van der Waals surface area (Å²) >= 11 is 3.03. The number of benzene rings is 1. The highest BCUT2D eigenvalue weighted by Gasteiger charge is 2.19. The van der Waals surface area contributed by atoms with E-state index < -0.39 is 0 Å². The number of carbonyl (C=O) groups excluding carboxylic acids is 1. The first kappa shape index (κ1) is 18.5. The number of piperidine rings is 1. The van der Waals surface area contributed by atoms with Crippen LogP contribution in [-0.2, 0) is 0 Å². The van der Waals surface area contributed by atoms with Crippen LogP contribution in [-0.4, -0.2) is 47.0 Å². The predicted molar refractivity (Wildman–Crippen MR) is 118 cm³/mol. The first-order chi connectivity index (χ1) is 14.0. The number of thiophene rings is 1. The molecule has 1 amide bonds. The van der Waals surface area contributed by atoms with Gasteiger partial charge in [0.2, 0.25) is 0 Å². The van der Waals surface area contributed by atoms with Crippen LogP contribution in [0, 0.1) is 6.92 Å². The Kier molecular flexibility index (Phi) is 4.73. The van der Waals surface area contributed by atoms with Gasteiger partial charge < -0.3 is 20.0 Å². The summed E-state index contributed by atoms with van der Waals surface area (Å²) in [6.45, 7) is 4.03. The van der Waals surface area contributed by atoms with Crippen LogP contribution in [0.5, 0.6) is 0 Å². The highest BCUT2D eigenvalue weighted by Crippen LogP contribution is 2.34. The Labute approximate surface area is 175 Å². The van der Waals surface area contributed by atoms with Crippen LogP contribution in [0.4, 0.5) is 10.8 Å². The number of rotatable bonds is 4. The van der Waals surface area contributed by atoms with Crippen molar-refractivity contribution in [1.29, 1.82) is 0 Å². The molecule has 0 aliphatic carbocycles. The number of nitrogens with one attached hydrogen (secondary N) is 2. The van der Waals surface area contributed by atoms with Gasteiger partial charge in [0.25, 0.3) is 5.91 Å². The molecule has 0 bridgehead atoms. The number of aryl methyl sites for hydroxylation is 1. The monoisotopic (exact) mass is 427 g/mol. The van der Waals surface area contributed by atoms with E-state index in [1.807, 2.05) is 24.3 Å². The van der Waals surface area contributed by atoms with Gasteiger partial charge in [-0.05, 0) is 57.2 Å². The number of nitrogens with zero attached hydrogens (tertiary/aromatic N) is 3. The summed E-state index contributed by atoms with van der Waals surface area (Å²) in [7, 11) is 2.16. The first-order valence-corrected chi connectivity index (χ1v) is 11.2. The Hall–Kier alpha value is -2.49. The number of hydrogen-bond acceptors (Lipinski definition) is 8. The van der Waals surface area contributed by atoms with E-state index >= 15 is 0 Å². The van der Waals surface area contributed by atoms with Crippen molar-refractivity contribution < 1.29 is 9.21 Å². The van der Waals surface area contributed by atoms with Gasteiger partial charge in [-0.3, -0.25) is 4.79 Å². The molecule has 1 saturated heterocycles. The molecule has 4 aromatic rings. The van der Waals surface area contributed by atoms with Crippen molar-refractivity contribution >= 4 is 60.0 Å². The lowest BCUT2D eigenvalue weighted by atomic mass is 10.1. The third kappa shape index (κ3) is 3.85. The molecule has 5 rings (SSSR count). The minimum atomic E-state index is -0.135. The summed E-state index contributed by atoms with van der Waals surface area (Å²) in [5, 5.41) is 7.44. The predicted octanol–water partition coefficient (Wildman–Crippen LogP) is 4.57. The summed E-state index contributed by atoms with van der Waals surface area (Å²) in [5.41, 5.74) is 2.15. The molecule has 9 heteroatoms. The first-order valence-electron chi connectivity index (χ1n) is 9.57. The van der Waals surface area contributed by atoms with Crippen molar-refractivity contribution in [2.24, 2.45) is 0 Å². The second-order valence-corrected chi connectivity index (χ2v) is 9.45. The zero-order valence-electron chi connectivity index (χ0n) is 16.2. The number of fused-ring (bicyclic) bond motifs is 2. The van der Waals surface area contributed by atoms with Gasteiger partial charge in [-0.15, -0.1) is 11.3 Å². The van der Waals surface area contributed by atoms with Gasteiger partial charge in [0, 0.05) is 18.7 Å². The van der Waals surface area contributed by atoms with E-state index in [0.29, 0.717) is 28.1 Å². The van der Waals surface area contributed by atoms with Crippen LogP contribution in [0.1, 0.15) is 28.4 Å². The van der Waals surface area contributed by atoms with Gasteiger partial charge in [-0.2, -0.15) is 0 Å². The molecule has 3 aromatic heterocycles. The molecule has 29 heavy (non-hydrogen) atoms. The van der Waals surface area contributed by atoms with Crippen LogP contribution < -0.4 is 10.6 Å². The molecule has 1 aliphatic heterocycles. The maximum absolute atomic E-state index is 12.7. The van der Waals surface area contributed by atoms with E-state index in [1.54, 1.807) is 18.3 Å². The van der Waals surface area contributed by atoms with Crippen LogP contribution in [0.2, 0.25) is 0 Å². The molecule has 150 valence electrons. The van der Waals surface area contributed by atoms with Gasteiger partial charge in [-0.25, -0.2) is 9.97 Å². The van der Waals surface area contributed by atoms with E-state index in [4.69, 9.17) is 4.42 Å². The van der Waals surface area contributed by atoms with Gasteiger partial charge in [-0.1, -0.05) is 11.3 Å². The quantitative estimate of drug-likeness (QED) is 0.497. The average molecular weight is 428 g/mol. The molecule has 0 radical (unpaired) electrons. The molecule has 0 spiro atoms. The van der Waals surface area contributed by atoms with Crippen molar-refractivity contribution in [2.75, 3.05) is 30.8 Å². The molecule has 0 unspecified atom stereocenters. The second-order valence-electron chi connectivity index (χ2n) is 7.39. The van der Waals surface area contributed by atoms with Gasteiger partial charge in [0.1, 0.15) is 10.3 Å². The Morgan fingerprint density at radius 1 is 1.21 bits per heavy atom. The fourth-order valence-electron chi connectivity index (χ4n) is 3.55. The van der Waals surface area contributed by atoms with Crippen molar-refractivity contribution in [3.8, 4) is 0 Å². The molecule has 4 heterocycles. The molecule has 7 nitrogen and oxygen atoms in total. The van der Waals surface area contributed by atoms with Crippen LogP contribution >= 0.6 is 22.7 Å². The van der Waals surface area contributed by atoms with Crippen LogP contribution in [0.3, 0.4) is 0 Å². The summed E-state index contributed by atoms with van der Waals surface area (Å²) in [5.74, 6) is 0.474. The molecular formula is C20H21N5O2S2. The van der Waals surface area contributed by atoms with E-state index in [-0.39, 0.29) is 5.91 Å². The van der Waals surface area contributed by atoms with E-state index in [9.17, 15) is 4.79 Å². The summed E-state index contributed by atoms with van der Waals surface area (Å²) in [4.78, 5) is 25.6. The fourth-order valence-corrected chi connectivity index (χ4v) is 5.64. The third-order valence-electron chi connectivity index (χ3n) is 5.11. The Balaban J connectivity index is 1.28. The Bertz CT molecular complexity index is 1150. The normalized spacial score (nSPS) is 15.9. The fraction of sp³-hybridized carbons (Fsp3) is 0.350. The second kappa shape index (κ2) is 7.40. The summed E-state index contributed by atoms with van der Waals surface area (Å²) < 4.78 is 6.52. The maximum atomic E-state index is 12.7. The van der Waals surface area contributed by atoms with E-state index in [2.05, 4.69) is 32.5 Å². The SMILES string of the molecule is Cc1nc2cc(NC(=O)c3cc4sc(NC5CCN(C)CC5)nc4s3)ccc2o1. The van der Waals surface area contributed by atoms with Crippen molar-refractivity contribution in [3.63, 3.8) is 0 Å². The minimum Gasteiger partial charge on any atom is -0.441 e. The maximum Gasteiger partial charge on any atom is 0.265 e. The minimum absolute atomic E-state index is 0.135. The van der Waals surface area contributed by atoms with Crippen LogP contribution in [0.15, 0.2) is 28.7 Å². The molecule has 0 atom stereocenters. The van der Waals surface area contributed by atoms with Gasteiger partial charge in [0.05, 0.1) is 9.58 Å². The highest BCUT2D eigenvalue weighted by molar-refractivity contribution is 7.29. The molecule has 1 aromatic carbocycles. The summed E-state index contributed by atoms with van der Waals surface area (Å²) in [6.07, 6.45) is 2.26. The zero-order valence-corrected chi connectivity index (χ0v) is 17.8. The standard InChI is InChI=1S/C20H21N5O2S2/c1-11-21-14-9-13(3-4-15(14)27-11)22-18(26)16-10-17-19(28-16)24-20(29-17)23-12-5-7-25(2)8-6-12/h3-4,9-10,12H,5-8H2,1-2H3,(H,22,26)(H,23,24).